The molecule has 0 unspecified atom stereocenters. The second-order valence-electron chi connectivity index (χ2n) is 13.0. The van der Waals surface area contributed by atoms with E-state index >= 15 is 0 Å². The lowest BCUT2D eigenvalue weighted by atomic mass is 9.86. The van der Waals surface area contributed by atoms with Crippen LogP contribution >= 0.6 is 0 Å². The number of fused-ring (bicyclic) bond motifs is 1. The zero-order chi connectivity index (χ0) is 29.8. The lowest BCUT2D eigenvalue weighted by Gasteiger charge is -2.27. The fraction of sp³-hybridized carbons (Fsp3) is 0.625. The van der Waals surface area contributed by atoms with E-state index in [9.17, 15) is 13.2 Å². The largest absolute Gasteiger partial charge is 0.373 e. The number of hydrogen-bond donors (Lipinski definition) is 2. The molecule has 1 heterocycles. The van der Waals surface area contributed by atoms with Crippen LogP contribution < -0.4 is 10.0 Å². The Morgan fingerprint density at radius 1 is 0.951 bits per heavy atom. The van der Waals surface area contributed by atoms with Crippen LogP contribution in [0.25, 0.3) is 11.3 Å². The summed E-state index contributed by atoms with van der Waals surface area (Å²) in [6.07, 6.45) is 13.6. The standard InChI is InChI=1S/C31H45N3O3S.CO2/c1-21-27(30(35)32-23-13-10-14-23)19-28(34(21)20-22-11-6-5-7-12-22)25-17-18-29(26-16-9-8-15-24(25)26)38(36,37)33-31(2,3)4;2-1-3/h17-19,22-23,33H,5-16,20H2,1-4H3,(H,32,35);. The summed E-state index contributed by atoms with van der Waals surface area (Å²) in [5.74, 6) is 0.640. The average molecular weight is 584 g/mol. The molecular formula is C32H45N3O5S. The summed E-state index contributed by atoms with van der Waals surface area (Å²) in [5.41, 5.74) is 5.49. The summed E-state index contributed by atoms with van der Waals surface area (Å²) in [7, 11) is -3.64. The molecule has 41 heavy (non-hydrogen) atoms. The van der Waals surface area contributed by atoms with E-state index in [1.54, 1.807) is 6.07 Å². The minimum absolute atomic E-state index is 0.0262. The van der Waals surface area contributed by atoms with Gasteiger partial charge in [-0.1, -0.05) is 25.3 Å². The molecule has 9 heteroatoms. The predicted octanol–water partition coefficient (Wildman–Crippen LogP) is 5.70. The zero-order valence-corrected chi connectivity index (χ0v) is 25.8. The van der Waals surface area contributed by atoms with Crippen molar-refractivity contribution in [3.63, 3.8) is 0 Å². The van der Waals surface area contributed by atoms with Crippen molar-refractivity contribution in [1.82, 2.24) is 14.6 Å². The number of carbonyl (C=O) groups is 1. The van der Waals surface area contributed by atoms with Gasteiger partial charge < -0.3 is 9.88 Å². The van der Waals surface area contributed by atoms with Gasteiger partial charge in [0.1, 0.15) is 0 Å². The van der Waals surface area contributed by atoms with Crippen molar-refractivity contribution in [2.75, 3.05) is 0 Å². The fourth-order valence-corrected chi connectivity index (χ4v) is 8.27. The van der Waals surface area contributed by atoms with Crippen LogP contribution in [0.1, 0.15) is 112 Å². The number of nitrogens with zero attached hydrogens (tertiary/aromatic N) is 1. The Balaban J connectivity index is 0.00000124. The number of amides is 1. The summed E-state index contributed by atoms with van der Waals surface area (Å²) in [5, 5.41) is 3.24. The molecular weight excluding hydrogens is 538 g/mol. The quantitative estimate of drug-likeness (QED) is 0.434. The first-order valence-electron chi connectivity index (χ1n) is 15.1. The van der Waals surface area contributed by atoms with Crippen molar-refractivity contribution in [3.05, 3.63) is 40.6 Å². The number of nitrogens with one attached hydrogen (secondary N) is 2. The summed E-state index contributed by atoms with van der Waals surface area (Å²) < 4.78 is 32.1. The van der Waals surface area contributed by atoms with Crippen molar-refractivity contribution in [1.29, 1.82) is 0 Å². The number of carbonyl (C=O) groups excluding carboxylic acids is 3. The third-order valence-corrected chi connectivity index (χ3v) is 10.6. The number of benzene rings is 1. The third kappa shape index (κ3) is 7.37. The lowest BCUT2D eigenvalue weighted by molar-refractivity contribution is -0.191. The molecule has 2 fully saturated rings. The van der Waals surface area contributed by atoms with Crippen LogP contribution in [-0.4, -0.2) is 36.6 Å². The molecule has 0 bridgehead atoms. The van der Waals surface area contributed by atoms with Gasteiger partial charge in [0, 0.05) is 35.1 Å². The Kier molecular flexibility index (Phi) is 9.93. The Labute approximate surface area is 244 Å². The average Bonchev–Trinajstić information content (AvgIpc) is 3.20. The van der Waals surface area contributed by atoms with Crippen LogP contribution in [0.5, 0.6) is 0 Å². The Hall–Kier alpha value is -2.74. The van der Waals surface area contributed by atoms with Crippen molar-refractivity contribution in [2.45, 2.75) is 128 Å². The Morgan fingerprint density at radius 3 is 2.17 bits per heavy atom. The summed E-state index contributed by atoms with van der Waals surface area (Å²) >= 11 is 0. The zero-order valence-electron chi connectivity index (χ0n) is 25.0. The van der Waals surface area contributed by atoms with Gasteiger partial charge in [-0.3, -0.25) is 4.79 Å². The maximum Gasteiger partial charge on any atom is 0.373 e. The van der Waals surface area contributed by atoms with Crippen molar-refractivity contribution in [3.8, 4) is 11.3 Å². The molecule has 1 aromatic carbocycles. The Morgan fingerprint density at radius 2 is 1.59 bits per heavy atom. The summed E-state index contributed by atoms with van der Waals surface area (Å²) in [4.78, 5) is 30.0. The molecule has 0 spiro atoms. The molecule has 0 aliphatic heterocycles. The van der Waals surface area contributed by atoms with Crippen LogP contribution in [0, 0.1) is 12.8 Å². The minimum Gasteiger partial charge on any atom is -0.349 e. The van der Waals surface area contributed by atoms with E-state index in [-0.39, 0.29) is 12.1 Å². The normalized spacial score (nSPS) is 18.0. The molecule has 1 amide bonds. The van der Waals surface area contributed by atoms with E-state index in [2.05, 4.69) is 27.6 Å². The molecule has 0 atom stereocenters. The highest BCUT2D eigenvalue weighted by atomic mass is 32.2. The highest BCUT2D eigenvalue weighted by Crippen LogP contribution is 2.39. The van der Waals surface area contributed by atoms with Crippen LogP contribution in [0.2, 0.25) is 0 Å². The van der Waals surface area contributed by atoms with E-state index in [1.165, 1.54) is 38.5 Å². The number of rotatable bonds is 7. The highest BCUT2D eigenvalue weighted by molar-refractivity contribution is 7.89. The van der Waals surface area contributed by atoms with E-state index in [0.717, 1.165) is 78.7 Å². The first kappa shape index (κ1) is 31.2. The van der Waals surface area contributed by atoms with Gasteiger partial charge in [-0.25, -0.2) is 13.1 Å². The second kappa shape index (κ2) is 13.1. The number of sulfonamides is 1. The van der Waals surface area contributed by atoms with E-state index in [4.69, 9.17) is 9.59 Å². The van der Waals surface area contributed by atoms with Gasteiger partial charge in [-0.2, -0.15) is 9.59 Å². The predicted molar refractivity (Wildman–Crippen MR) is 158 cm³/mol. The van der Waals surface area contributed by atoms with Crippen LogP contribution in [0.15, 0.2) is 23.1 Å². The molecule has 2 aromatic rings. The van der Waals surface area contributed by atoms with Gasteiger partial charge in [0.25, 0.3) is 5.91 Å². The van der Waals surface area contributed by atoms with Crippen molar-refractivity contribution < 1.29 is 22.8 Å². The molecule has 5 rings (SSSR count). The summed E-state index contributed by atoms with van der Waals surface area (Å²) in [6.45, 7) is 8.63. The van der Waals surface area contributed by atoms with Crippen LogP contribution in [0.4, 0.5) is 0 Å². The van der Waals surface area contributed by atoms with Crippen LogP contribution in [0.3, 0.4) is 0 Å². The van der Waals surface area contributed by atoms with Crippen molar-refractivity contribution in [2.24, 2.45) is 5.92 Å². The molecule has 1 aromatic heterocycles. The maximum absolute atomic E-state index is 13.4. The lowest BCUT2D eigenvalue weighted by Crippen LogP contribution is -2.41. The second-order valence-corrected chi connectivity index (χ2v) is 14.6. The molecule has 0 radical (unpaired) electrons. The molecule has 3 aliphatic carbocycles. The smallest absolute Gasteiger partial charge is 0.349 e. The first-order valence-corrected chi connectivity index (χ1v) is 16.6. The fourth-order valence-electron chi connectivity index (χ4n) is 6.56. The van der Waals surface area contributed by atoms with E-state index in [1.807, 2.05) is 26.8 Å². The molecule has 8 nitrogen and oxygen atoms in total. The van der Waals surface area contributed by atoms with Gasteiger partial charge in [0.2, 0.25) is 10.0 Å². The number of hydrogen-bond acceptors (Lipinski definition) is 5. The molecule has 224 valence electrons. The molecule has 0 saturated heterocycles. The molecule has 2 saturated carbocycles. The Bertz CT molecular complexity index is 1390. The SMILES string of the molecule is Cc1c(C(=O)NC2CCC2)cc(-c2ccc(S(=O)(=O)NC(C)(C)C)c3c2CCCC3)n1CC1CCCCC1.O=C=O. The van der Waals surface area contributed by atoms with Crippen LogP contribution in [-0.2, 0) is 39.0 Å². The van der Waals surface area contributed by atoms with Gasteiger partial charge >= 0.3 is 6.15 Å². The maximum atomic E-state index is 13.4. The van der Waals surface area contributed by atoms with Crippen molar-refractivity contribution >= 4 is 22.1 Å². The molecule has 3 aliphatic rings. The van der Waals surface area contributed by atoms with E-state index in [0.29, 0.717) is 16.9 Å². The summed E-state index contributed by atoms with van der Waals surface area (Å²) in [6, 6.07) is 6.17. The topological polar surface area (TPSA) is 114 Å². The minimum atomic E-state index is -3.64. The van der Waals surface area contributed by atoms with Gasteiger partial charge in [-0.15, -0.1) is 0 Å². The van der Waals surface area contributed by atoms with Gasteiger partial charge in [0.05, 0.1) is 10.5 Å². The number of aromatic nitrogens is 1. The molecule has 2 N–H and O–H groups in total. The van der Waals surface area contributed by atoms with Gasteiger partial charge in [0.15, 0.2) is 0 Å². The first-order chi connectivity index (χ1) is 19.4. The monoisotopic (exact) mass is 583 g/mol. The third-order valence-electron chi connectivity index (χ3n) is 8.71. The van der Waals surface area contributed by atoms with E-state index < -0.39 is 15.6 Å². The highest BCUT2D eigenvalue weighted by Gasteiger charge is 2.31. The van der Waals surface area contributed by atoms with Gasteiger partial charge in [-0.05, 0) is 115 Å².